The second kappa shape index (κ2) is 16.6. The van der Waals surface area contributed by atoms with E-state index in [0.717, 1.165) is 5.56 Å². The molecule has 0 bridgehead atoms. The lowest BCUT2D eigenvalue weighted by Crippen LogP contribution is -2.64. The third-order valence-corrected chi connectivity index (χ3v) is 11.3. The van der Waals surface area contributed by atoms with Crippen molar-refractivity contribution in [2.45, 2.75) is 62.5 Å². The molecule has 0 saturated carbocycles. The summed E-state index contributed by atoms with van der Waals surface area (Å²) in [4.78, 5) is 40.4. The largest absolute Gasteiger partial charge is 0.514 e. The van der Waals surface area contributed by atoms with Crippen LogP contribution in [0.25, 0.3) is 0 Å². The maximum atomic E-state index is 14.0. The van der Waals surface area contributed by atoms with Gasteiger partial charge >= 0.3 is 18.1 Å². The summed E-state index contributed by atoms with van der Waals surface area (Å²) in [5, 5.41) is 11.8. The van der Waals surface area contributed by atoms with Gasteiger partial charge in [-0.3, -0.25) is 4.79 Å². The third kappa shape index (κ3) is 7.45. The Morgan fingerprint density at radius 1 is 0.833 bits per heavy atom. The molecule has 0 amide bonds. The Balaban J connectivity index is 1.08. The first kappa shape index (κ1) is 39.5. The van der Waals surface area contributed by atoms with Crippen LogP contribution in [0, 0.1) is 11.8 Å². The van der Waals surface area contributed by atoms with Crippen LogP contribution in [0.2, 0.25) is 0 Å². The first-order valence-electron chi connectivity index (χ1n) is 19.5. The van der Waals surface area contributed by atoms with Gasteiger partial charge in [-0.05, 0) is 65.6 Å². The zero-order valence-electron chi connectivity index (χ0n) is 32.8. The molecule has 0 aromatic heterocycles. The van der Waals surface area contributed by atoms with E-state index in [1.807, 2.05) is 30.3 Å². The average Bonchev–Trinajstić information content (AvgIpc) is 3.90. The first-order valence-corrected chi connectivity index (χ1v) is 19.5. The maximum Gasteiger partial charge on any atom is 0.514 e. The zero-order valence-corrected chi connectivity index (χ0v) is 32.8. The van der Waals surface area contributed by atoms with Crippen molar-refractivity contribution in [3.05, 3.63) is 113 Å². The van der Waals surface area contributed by atoms with Gasteiger partial charge in [-0.1, -0.05) is 48.5 Å². The summed E-state index contributed by atoms with van der Waals surface area (Å²) >= 11 is 0. The maximum absolute atomic E-state index is 14.0. The molecule has 16 heteroatoms. The normalized spacial score (nSPS) is 28.6. The van der Waals surface area contributed by atoms with Gasteiger partial charge in [-0.15, -0.1) is 0 Å². The number of hydrogen-bond acceptors (Lipinski definition) is 16. The second-order valence-corrected chi connectivity index (χ2v) is 14.8. The van der Waals surface area contributed by atoms with Crippen molar-refractivity contribution in [2.24, 2.45) is 11.8 Å². The Morgan fingerprint density at radius 2 is 1.52 bits per heavy atom. The van der Waals surface area contributed by atoms with Gasteiger partial charge in [0.25, 0.3) is 0 Å². The number of carbonyl (C=O) groups is 3. The summed E-state index contributed by atoms with van der Waals surface area (Å²) in [6.07, 6.45) is -8.33. The SMILES string of the molecule is COc1cc([C@@H]2c3cc4c(cc3[C@@H](O[C@@H]3O[C@@H]5CO[C@@H](C)O[C@H]5[C@H](O)[C@H]3OC(=O)c3ccccc3)[C@H]3COC(=O)[C@H]23)OCO4)cc(OC)c1OC(=O)OCc1ccccc1. The second-order valence-electron chi connectivity index (χ2n) is 14.8. The fourth-order valence-corrected chi connectivity index (χ4v) is 8.53. The summed E-state index contributed by atoms with van der Waals surface area (Å²) in [5.74, 6) is -2.27. The van der Waals surface area contributed by atoms with Crippen LogP contribution in [0.4, 0.5) is 4.79 Å². The summed E-state index contributed by atoms with van der Waals surface area (Å²) in [6, 6.07) is 24.4. The molecule has 4 aromatic carbocycles. The lowest BCUT2D eigenvalue weighted by atomic mass is 9.66. The molecule has 3 fully saturated rings. The fraction of sp³-hybridized carbons (Fsp3) is 0.386. The van der Waals surface area contributed by atoms with Gasteiger partial charge in [0, 0.05) is 11.8 Å². The monoisotopic (exact) mass is 826 g/mol. The number of esters is 2. The summed E-state index contributed by atoms with van der Waals surface area (Å²) in [6.45, 7) is 1.68. The number of fused-ring (bicyclic) bond motifs is 4. The molecule has 5 aliphatic rings. The number of carbonyl (C=O) groups excluding carboxylic acids is 3. The highest BCUT2D eigenvalue weighted by molar-refractivity contribution is 5.89. The minimum atomic E-state index is -1.38. The number of aliphatic hydroxyl groups is 1. The van der Waals surface area contributed by atoms with E-state index in [1.54, 1.807) is 61.5 Å². The highest BCUT2D eigenvalue weighted by Gasteiger charge is 2.57. The van der Waals surface area contributed by atoms with E-state index in [9.17, 15) is 19.5 Å². The molecular formula is C44H42O16. The minimum absolute atomic E-state index is 0.0190. The Morgan fingerprint density at radius 3 is 2.22 bits per heavy atom. The van der Waals surface area contributed by atoms with E-state index >= 15 is 0 Å². The van der Waals surface area contributed by atoms with Gasteiger partial charge in [-0.2, -0.15) is 0 Å². The lowest BCUT2D eigenvalue weighted by Gasteiger charge is -2.48. The number of cyclic esters (lactones) is 1. The number of methoxy groups -OCH3 is 2. The molecule has 10 atom stereocenters. The minimum Gasteiger partial charge on any atom is -0.493 e. The number of rotatable bonds is 10. The van der Waals surface area contributed by atoms with Gasteiger partial charge in [0.15, 0.2) is 41.7 Å². The van der Waals surface area contributed by atoms with Gasteiger partial charge in [-0.25, -0.2) is 9.59 Å². The molecular weight excluding hydrogens is 784 g/mol. The standard InChI is InChI=1S/C44H42O16/c1-22-51-20-33-39(56-22)36(45)40(58-41(46)24-12-8-5-9-13-24)43(57-33)59-37-27-17-30-29(54-21-55-30)16-26(27)34(35-28(37)19-52-42(35)47)25-14-31(49-2)38(32(15-25)50-3)60-44(48)53-18-23-10-6-4-7-11-23/h4-17,22,28,33-37,39-40,43,45H,18-21H2,1-3H3/t22-,28+,33-,34-,35+,36+,37-,39-,40-,43+/m1/s1. The highest BCUT2D eigenvalue weighted by atomic mass is 16.8. The first-order chi connectivity index (χ1) is 29.2. The molecule has 9 rings (SSSR count). The van der Waals surface area contributed by atoms with Crippen LogP contribution in [0.5, 0.6) is 28.7 Å². The third-order valence-electron chi connectivity index (χ3n) is 11.3. The molecule has 314 valence electrons. The summed E-state index contributed by atoms with van der Waals surface area (Å²) in [7, 11) is 2.83. The van der Waals surface area contributed by atoms with Gasteiger partial charge in [0.05, 0.1) is 45.0 Å². The van der Waals surface area contributed by atoms with E-state index in [2.05, 4.69) is 0 Å². The number of benzene rings is 4. The number of aliphatic hydroxyl groups excluding tert-OH is 1. The Bertz CT molecular complexity index is 2210. The molecule has 3 saturated heterocycles. The van der Waals surface area contributed by atoms with Crippen molar-refractivity contribution in [2.75, 3.05) is 34.2 Å². The number of ether oxygens (including phenoxy) is 12. The molecule has 4 aromatic rings. The smallest absolute Gasteiger partial charge is 0.493 e. The Kier molecular flexibility index (Phi) is 11.0. The topological polar surface area (TPSA) is 182 Å². The molecule has 1 N–H and O–H groups in total. The molecule has 0 unspecified atom stereocenters. The van der Waals surface area contributed by atoms with E-state index in [0.29, 0.717) is 28.2 Å². The van der Waals surface area contributed by atoms with E-state index in [4.69, 9.17) is 56.8 Å². The molecule has 4 heterocycles. The summed E-state index contributed by atoms with van der Waals surface area (Å²) < 4.78 is 70.8. The predicted octanol–water partition coefficient (Wildman–Crippen LogP) is 5.21. The van der Waals surface area contributed by atoms with E-state index in [-0.39, 0.29) is 49.4 Å². The fourth-order valence-electron chi connectivity index (χ4n) is 8.53. The van der Waals surface area contributed by atoms with Crippen LogP contribution in [0.15, 0.2) is 84.9 Å². The van der Waals surface area contributed by atoms with Crippen LogP contribution in [0.3, 0.4) is 0 Å². The van der Waals surface area contributed by atoms with Crippen LogP contribution in [0.1, 0.15) is 51.6 Å². The van der Waals surface area contributed by atoms with Crippen molar-refractivity contribution >= 4 is 18.1 Å². The van der Waals surface area contributed by atoms with E-state index in [1.165, 1.54) is 14.2 Å². The van der Waals surface area contributed by atoms with Crippen molar-refractivity contribution in [1.82, 2.24) is 0 Å². The zero-order chi connectivity index (χ0) is 41.5. The van der Waals surface area contributed by atoms with Crippen molar-refractivity contribution < 1.29 is 76.3 Å². The quantitative estimate of drug-likeness (QED) is 0.125. The molecule has 16 nitrogen and oxygen atoms in total. The Labute approximate surface area is 344 Å². The van der Waals surface area contributed by atoms with Crippen molar-refractivity contribution in [3.63, 3.8) is 0 Å². The van der Waals surface area contributed by atoms with Crippen molar-refractivity contribution in [3.8, 4) is 28.7 Å². The lowest BCUT2D eigenvalue weighted by molar-refractivity contribution is -0.363. The van der Waals surface area contributed by atoms with E-state index < -0.39 is 78.9 Å². The van der Waals surface area contributed by atoms with Crippen LogP contribution in [-0.4, -0.2) is 94.4 Å². The van der Waals surface area contributed by atoms with Crippen LogP contribution in [-0.2, 0) is 44.6 Å². The molecule has 4 aliphatic heterocycles. The Hall–Kier alpha value is -5.91. The van der Waals surface area contributed by atoms with Gasteiger partial charge in [0.2, 0.25) is 12.5 Å². The van der Waals surface area contributed by atoms with Crippen LogP contribution < -0.4 is 23.7 Å². The van der Waals surface area contributed by atoms with Gasteiger partial charge in [0.1, 0.15) is 24.9 Å². The molecule has 0 spiro atoms. The molecule has 0 radical (unpaired) electrons. The van der Waals surface area contributed by atoms with Crippen LogP contribution >= 0.6 is 0 Å². The highest BCUT2D eigenvalue weighted by Crippen LogP contribution is 2.57. The van der Waals surface area contributed by atoms with Crippen molar-refractivity contribution in [1.29, 1.82) is 0 Å². The van der Waals surface area contributed by atoms with Gasteiger partial charge < -0.3 is 61.9 Å². The molecule has 60 heavy (non-hydrogen) atoms. The molecule has 1 aliphatic carbocycles. The summed E-state index contributed by atoms with van der Waals surface area (Å²) in [5.41, 5.74) is 2.81. The average molecular weight is 827 g/mol. The predicted molar refractivity (Wildman–Crippen MR) is 204 cm³/mol. The number of hydrogen-bond donors (Lipinski definition) is 1.